The van der Waals surface area contributed by atoms with Crippen LogP contribution in [-0.4, -0.2) is 21.3 Å². The van der Waals surface area contributed by atoms with Crippen molar-refractivity contribution in [3.05, 3.63) is 52.7 Å². The molecule has 2 N–H and O–H groups in total. The molecule has 0 aliphatic carbocycles. The van der Waals surface area contributed by atoms with Crippen LogP contribution in [0.1, 0.15) is 22.5 Å². The van der Waals surface area contributed by atoms with Crippen molar-refractivity contribution in [1.29, 1.82) is 0 Å². The smallest absolute Gasteiger partial charge is 0.125 e. The average Bonchev–Trinajstić information content (AvgIpc) is 2.98. The third-order valence-corrected chi connectivity index (χ3v) is 4.26. The molecule has 1 aromatic carbocycles. The zero-order valence-electron chi connectivity index (χ0n) is 13.2. The quantitative estimate of drug-likeness (QED) is 0.712. The summed E-state index contributed by atoms with van der Waals surface area (Å²) in [6.45, 7) is 5.82. The molecule has 2 heterocycles. The number of hydrogen-bond donors (Lipinski definition) is 2. The first-order chi connectivity index (χ1) is 10.6. The monoisotopic (exact) mass is 300 g/mol. The second kappa shape index (κ2) is 5.93. The Morgan fingerprint density at radius 3 is 2.86 bits per heavy atom. The van der Waals surface area contributed by atoms with E-state index in [1.54, 1.807) is 0 Å². The zero-order valence-corrected chi connectivity index (χ0v) is 13.2. The molecule has 0 unspecified atom stereocenters. The Morgan fingerprint density at radius 2 is 2.14 bits per heavy atom. The van der Waals surface area contributed by atoms with Gasteiger partial charge in [0.05, 0.1) is 5.69 Å². The van der Waals surface area contributed by atoms with Gasteiger partial charge in [0.15, 0.2) is 0 Å². The van der Waals surface area contributed by atoms with Gasteiger partial charge in [-0.1, -0.05) is 0 Å². The van der Waals surface area contributed by atoms with Gasteiger partial charge in [-0.25, -0.2) is 4.39 Å². The van der Waals surface area contributed by atoms with Crippen LogP contribution in [0.3, 0.4) is 0 Å². The van der Waals surface area contributed by atoms with Gasteiger partial charge in [0.1, 0.15) is 5.82 Å². The lowest BCUT2D eigenvalue weighted by Gasteiger charge is -2.05. The van der Waals surface area contributed by atoms with E-state index in [4.69, 9.17) is 0 Å². The van der Waals surface area contributed by atoms with Crippen molar-refractivity contribution in [2.75, 3.05) is 6.54 Å². The fourth-order valence-corrected chi connectivity index (χ4v) is 2.88. The summed E-state index contributed by atoms with van der Waals surface area (Å²) in [6.07, 6.45) is 2.87. The Labute approximate surface area is 129 Å². The summed E-state index contributed by atoms with van der Waals surface area (Å²) in [6, 6.07) is 4.88. The van der Waals surface area contributed by atoms with Crippen molar-refractivity contribution in [2.24, 2.45) is 7.05 Å². The molecule has 4 nitrogen and oxygen atoms in total. The van der Waals surface area contributed by atoms with E-state index >= 15 is 0 Å². The van der Waals surface area contributed by atoms with Crippen LogP contribution in [0.15, 0.2) is 24.4 Å². The minimum Gasteiger partial charge on any atom is -0.361 e. The van der Waals surface area contributed by atoms with Crippen LogP contribution in [0, 0.1) is 19.7 Å². The van der Waals surface area contributed by atoms with Gasteiger partial charge in [-0.3, -0.25) is 4.68 Å². The first-order valence-corrected chi connectivity index (χ1v) is 7.51. The summed E-state index contributed by atoms with van der Waals surface area (Å²) in [5, 5.41) is 8.99. The summed E-state index contributed by atoms with van der Waals surface area (Å²) in [5.74, 6) is -0.207. The summed E-state index contributed by atoms with van der Waals surface area (Å²) >= 11 is 0. The molecule has 0 aliphatic rings. The zero-order chi connectivity index (χ0) is 15.7. The Hall–Kier alpha value is -2.14. The summed E-state index contributed by atoms with van der Waals surface area (Å²) in [7, 11) is 1.97. The highest BCUT2D eigenvalue weighted by Crippen LogP contribution is 2.19. The van der Waals surface area contributed by atoms with Crippen molar-refractivity contribution in [3.63, 3.8) is 0 Å². The number of nitrogens with one attached hydrogen (secondary N) is 2. The molecular formula is C17H21FN4. The molecule has 0 bridgehead atoms. The maximum absolute atomic E-state index is 13.2. The fraction of sp³-hybridized carbons (Fsp3) is 0.353. The number of rotatable bonds is 5. The van der Waals surface area contributed by atoms with Gasteiger partial charge in [0, 0.05) is 41.9 Å². The highest BCUT2D eigenvalue weighted by atomic mass is 19.1. The molecule has 2 aromatic heterocycles. The number of halogens is 1. The SMILES string of the molecule is Cc1nn(C)c(C)c1CNCCc1c[nH]c2cc(F)ccc12. The number of H-pyrrole nitrogens is 1. The van der Waals surface area contributed by atoms with Gasteiger partial charge in [-0.05, 0) is 50.6 Å². The molecule has 0 radical (unpaired) electrons. The molecule has 0 aliphatic heterocycles. The van der Waals surface area contributed by atoms with Crippen LogP contribution in [0.2, 0.25) is 0 Å². The van der Waals surface area contributed by atoms with Gasteiger partial charge in [0.25, 0.3) is 0 Å². The number of fused-ring (bicyclic) bond motifs is 1. The van der Waals surface area contributed by atoms with Gasteiger partial charge >= 0.3 is 0 Å². The van der Waals surface area contributed by atoms with Crippen LogP contribution >= 0.6 is 0 Å². The minimum absolute atomic E-state index is 0.207. The Kier molecular flexibility index (Phi) is 3.98. The second-order valence-corrected chi connectivity index (χ2v) is 5.70. The second-order valence-electron chi connectivity index (χ2n) is 5.70. The molecule has 0 saturated carbocycles. The largest absolute Gasteiger partial charge is 0.361 e. The van der Waals surface area contributed by atoms with Crippen LogP contribution in [-0.2, 0) is 20.0 Å². The Bertz CT molecular complexity index is 800. The number of aromatic nitrogens is 3. The minimum atomic E-state index is -0.207. The normalized spacial score (nSPS) is 11.5. The van der Waals surface area contributed by atoms with E-state index in [0.29, 0.717) is 0 Å². The molecule has 0 atom stereocenters. The predicted octanol–water partition coefficient (Wildman–Crippen LogP) is 2.99. The molecule has 0 amide bonds. The Morgan fingerprint density at radius 1 is 1.32 bits per heavy atom. The number of aromatic amines is 1. The van der Waals surface area contributed by atoms with Crippen LogP contribution in [0.4, 0.5) is 4.39 Å². The highest BCUT2D eigenvalue weighted by Gasteiger charge is 2.09. The third kappa shape index (κ3) is 2.76. The third-order valence-electron chi connectivity index (χ3n) is 4.26. The maximum atomic E-state index is 13.2. The van der Waals surface area contributed by atoms with Crippen LogP contribution in [0.5, 0.6) is 0 Å². The topological polar surface area (TPSA) is 45.6 Å². The Balaban J connectivity index is 1.61. The average molecular weight is 300 g/mol. The summed E-state index contributed by atoms with van der Waals surface area (Å²) in [5.41, 5.74) is 5.61. The number of aryl methyl sites for hydroxylation is 2. The summed E-state index contributed by atoms with van der Waals surface area (Å²) in [4.78, 5) is 3.13. The van der Waals surface area contributed by atoms with E-state index in [1.165, 1.54) is 29.0 Å². The van der Waals surface area contributed by atoms with E-state index < -0.39 is 0 Å². The first-order valence-electron chi connectivity index (χ1n) is 7.51. The van der Waals surface area contributed by atoms with E-state index in [0.717, 1.165) is 36.1 Å². The van der Waals surface area contributed by atoms with Gasteiger partial charge in [0.2, 0.25) is 0 Å². The molecule has 0 saturated heterocycles. The van der Waals surface area contributed by atoms with Crippen molar-refractivity contribution < 1.29 is 4.39 Å². The predicted molar refractivity (Wildman–Crippen MR) is 86.3 cm³/mol. The molecule has 0 fully saturated rings. The van der Waals surface area contributed by atoms with Crippen molar-refractivity contribution >= 4 is 10.9 Å². The van der Waals surface area contributed by atoms with Crippen molar-refractivity contribution in [2.45, 2.75) is 26.8 Å². The molecular weight excluding hydrogens is 279 g/mol. The summed E-state index contributed by atoms with van der Waals surface area (Å²) < 4.78 is 15.1. The fourth-order valence-electron chi connectivity index (χ4n) is 2.88. The number of nitrogens with zero attached hydrogens (tertiary/aromatic N) is 2. The lowest BCUT2D eigenvalue weighted by Crippen LogP contribution is -2.17. The lowest BCUT2D eigenvalue weighted by molar-refractivity contribution is 0.629. The molecule has 3 aromatic rings. The lowest BCUT2D eigenvalue weighted by atomic mass is 10.1. The molecule has 5 heteroatoms. The molecule has 0 spiro atoms. The van der Waals surface area contributed by atoms with Gasteiger partial charge < -0.3 is 10.3 Å². The van der Waals surface area contributed by atoms with E-state index in [9.17, 15) is 4.39 Å². The molecule has 3 rings (SSSR count). The number of benzene rings is 1. The standard InChI is InChI=1S/C17H21FN4/c1-11-16(12(2)22(3)21-11)10-19-7-6-13-9-20-17-8-14(18)4-5-15(13)17/h4-5,8-9,19-20H,6-7,10H2,1-3H3. The van der Waals surface area contributed by atoms with E-state index in [2.05, 4.69) is 22.3 Å². The van der Waals surface area contributed by atoms with Crippen molar-refractivity contribution in [1.82, 2.24) is 20.1 Å². The van der Waals surface area contributed by atoms with Gasteiger partial charge in [-0.15, -0.1) is 0 Å². The first kappa shape index (κ1) is 14.8. The van der Waals surface area contributed by atoms with Crippen molar-refractivity contribution in [3.8, 4) is 0 Å². The maximum Gasteiger partial charge on any atom is 0.125 e. The van der Waals surface area contributed by atoms with Crippen LogP contribution < -0.4 is 5.32 Å². The van der Waals surface area contributed by atoms with Gasteiger partial charge in [-0.2, -0.15) is 5.10 Å². The highest BCUT2D eigenvalue weighted by molar-refractivity contribution is 5.83. The molecule has 116 valence electrons. The van der Waals surface area contributed by atoms with E-state index in [-0.39, 0.29) is 5.82 Å². The van der Waals surface area contributed by atoms with E-state index in [1.807, 2.05) is 30.9 Å². The molecule has 22 heavy (non-hydrogen) atoms. The number of hydrogen-bond acceptors (Lipinski definition) is 2. The van der Waals surface area contributed by atoms with Crippen LogP contribution in [0.25, 0.3) is 10.9 Å².